The van der Waals surface area contributed by atoms with Crippen molar-refractivity contribution >= 4 is 31.5 Å². The monoisotopic (exact) mass is 229 g/mol. The van der Waals surface area contributed by atoms with Crippen LogP contribution in [-0.2, 0) is 4.57 Å². The van der Waals surface area contributed by atoms with Crippen LogP contribution in [0.5, 0.6) is 5.88 Å². The maximum absolute atomic E-state index is 10.2. The van der Waals surface area contributed by atoms with Crippen molar-refractivity contribution < 1.29 is 14.0 Å². The molecule has 1 rings (SSSR count). The second-order valence-electron chi connectivity index (χ2n) is 1.57. The lowest BCUT2D eigenvalue weighted by Gasteiger charge is -2.00. The molecule has 0 spiro atoms. The van der Waals surface area contributed by atoms with E-state index in [1.165, 1.54) is 0 Å². The van der Waals surface area contributed by atoms with Gasteiger partial charge in [0.2, 0.25) is 0 Å². The van der Waals surface area contributed by atoms with E-state index in [1.54, 1.807) is 0 Å². The molecule has 0 amide bonds. The van der Waals surface area contributed by atoms with Gasteiger partial charge in [-0.05, 0) is 5.21 Å². The molecule has 0 fully saturated rings. The summed E-state index contributed by atoms with van der Waals surface area (Å²) in [4.78, 5) is 8.36. The van der Waals surface area contributed by atoms with Crippen LogP contribution >= 0.6 is 31.5 Å². The van der Waals surface area contributed by atoms with E-state index in [2.05, 4.69) is 19.9 Å². The van der Waals surface area contributed by atoms with Gasteiger partial charge in [-0.1, -0.05) is 28.3 Å². The molecule has 0 aliphatic carbocycles. The maximum atomic E-state index is 10.2. The Kier molecular flexibility index (Phi) is 3.22. The molecule has 12 heavy (non-hydrogen) atoms. The van der Waals surface area contributed by atoms with E-state index in [4.69, 9.17) is 28.1 Å². The highest BCUT2D eigenvalue weighted by Gasteiger charge is 2.10. The maximum Gasteiger partial charge on any atom is 0.366 e. The van der Waals surface area contributed by atoms with Gasteiger partial charge in [-0.3, -0.25) is 0 Å². The molecule has 0 saturated heterocycles. The van der Waals surface area contributed by atoms with Gasteiger partial charge in [0.1, 0.15) is 5.02 Å². The highest BCUT2D eigenvalue weighted by molar-refractivity contribution is 7.32. The Bertz CT molecular complexity index is 322. The van der Waals surface area contributed by atoms with Crippen molar-refractivity contribution in [2.24, 2.45) is 0 Å². The lowest BCUT2D eigenvalue weighted by atomic mass is 10.7. The second kappa shape index (κ2) is 4.00. The molecule has 9 heteroatoms. The third-order valence-electron chi connectivity index (χ3n) is 0.821. The Balaban J connectivity index is 3.00. The van der Waals surface area contributed by atoms with Gasteiger partial charge in [-0.25, -0.2) is 4.57 Å². The van der Waals surface area contributed by atoms with Crippen LogP contribution in [-0.4, -0.2) is 20.3 Å². The van der Waals surface area contributed by atoms with Crippen molar-refractivity contribution in [1.29, 1.82) is 0 Å². The molecular formula is C3H2Cl2N3O3P. The van der Waals surface area contributed by atoms with Crippen molar-refractivity contribution in [3.05, 3.63) is 10.2 Å². The number of aromatic nitrogens is 3. The van der Waals surface area contributed by atoms with Crippen molar-refractivity contribution in [3.8, 4) is 5.88 Å². The summed E-state index contributed by atoms with van der Waals surface area (Å²) in [5, 5.41) is 9.36. The Morgan fingerprint density at radius 1 is 1.42 bits per heavy atom. The molecule has 0 bridgehead atoms. The number of halogens is 2. The average Bonchev–Trinajstić information content (AvgIpc) is 1.98. The van der Waals surface area contributed by atoms with Gasteiger partial charge in [0, 0.05) is 0 Å². The molecule has 1 aromatic rings. The summed E-state index contributed by atoms with van der Waals surface area (Å²) in [6.07, 6.45) is 0. The molecule has 0 aliphatic rings. The Morgan fingerprint density at radius 2 is 2.08 bits per heavy atom. The molecule has 0 aromatic carbocycles. The van der Waals surface area contributed by atoms with Crippen LogP contribution in [0.4, 0.5) is 0 Å². The van der Waals surface area contributed by atoms with Gasteiger partial charge in [0.25, 0.3) is 5.88 Å². The minimum Gasteiger partial charge on any atom is -0.404 e. The van der Waals surface area contributed by atoms with Crippen LogP contribution in [0.3, 0.4) is 0 Å². The van der Waals surface area contributed by atoms with Crippen LogP contribution in [0.1, 0.15) is 0 Å². The zero-order chi connectivity index (χ0) is 9.14. The summed E-state index contributed by atoms with van der Waals surface area (Å²) in [5.74, 6) is -0.303. The highest BCUT2D eigenvalue weighted by Crippen LogP contribution is 2.31. The highest BCUT2D eigenvalue weighted by atomic mass is 35.5. The van der Waals surface area contributed by atoms with Gasteiger partial charge in [0.05, 0.1) is 0 Å². The summed E-state index contributed by atoms with van der Waals surface area (Å²) < 4.78 is 14.5. The minimum atomic E-state index is -3.15. The molecule has 66 valence electrons. The lowest BCUT2D eigenvalue weighted by Crippen LogP contribution is -1.93. The van der Waals surface area contributed by atoms with Crippen molar-refractivity contribution in [3.63, 3.8) is 0 Å². The van der Waals surface area contributed by atoms with Crippen LogP contribution in [0.15, 0.2) is 0 Å². The topological polar surface area (TPSA) is 85.2 Å². The number of hydrogen-bond acceptors (Lipinski definition) is 5. The second-order valence-corrected chi connectivity index (χ2v) is 3.04. The van der Waals surface area contributed by atoms with Gasteiger partial charge in [-0.2, -0.15) is 0 Å². The fourth-order valence-electron chi connectivity index (χ4n) is 0.426. The Morgan fingerprint density at radius 3 is 2.67 bits per heavy atom. The molecule has 1 unspecified atom stereocenters. The summed E-state index contributed by atoms with van der Waals surface area (Å²) in [6.45, 7) is 0. The molecule has 0 aliphatic heterocycles. The van der Waals surface area contributed by atoms with E-state index in [0.29, 0.717) is 0 Å². The number of hydrogen-bond donors (Lipinski definition) is 1. The van der Waals surface area contributed by atoms with Crippen molar-refractivity contribution in [2.75, 3.05) is 0 Å². The van der Waals surface area contributed by atoms with Crippen molar-refractivity contribution in [1.82, 2.24) is 15.4 Å². The van der Waals surface area contributed by atoms with E-state index in [9.17, 15) is 4.57 Å². The zero-order valence-electron chi connectivity index (χ0n) is 5.36. The molecular weight excluding hydrogens is 228 g/mol. The van der Waals surface area contributed by atoms with E-state index in [-0.39, 0.29) is 16.1 Å². The zero-order valence-corrected chi connectivity index (χ0v) is 7.87. The summed E-state index contributed by atoms with van der Waals surface area (Å²) in [5.41, 5.74) is 0. The quantitative estimate of drug-likeness (QED) is 0.760. The van der Waals surface area contributed by atoms with E-state index >= 15 is 0 Å². The first-order valence-electron chi connectivity index (χ1n) is 2.56. The molecule has 0 radical (unpaired) electrons. The number of rotatable bonds is 2. The fraction of sp³-hybridized carbons (Fsp3) is 0. The van der Waals surface area contributed by atoms with E-state index < -0.39 is 8.25 Å². The van der Waals surface area contributed by atoms with Gasteiger partial charge in [0.15, 0.2) is 5.15 Å². The van der Waals surface area contributed by atoms with Gasteiger partial charge >= 0.3 is 8.25 Å². The van der Waals surface area contributed by atoms with Crippen LogP contribution < -0.4 is 4.52 Å². The normalized spacial score (nSPS) is 12.6. The molecule has 0 saturated carbocycles. The first-order valence-corrected chi connectivity index (χ1v) is 4.58. The predicted octanol–water partition coefficient (Wildman–Crippen LogP) is 0.939. The van der Waals surface area contributed by atoms with Crippen LogP contribution in [0.25, 0.3) is 0 Å². The smallest absolute Gasteiger partial charge is 0.366 e. The first-order chi connectivity index (χ1) is 5.61. The predicted molar refractivity (Wildman–Crippen MR) is 41.7 cm³/mol. The molecule has 1 heterocycles. The third-order valence-corrected chi connectivity index (χ3v) is 1.89. The molecule has 6 nitrogen and oxygen atoms in total. The van der Waals surface area contributed by atoms with Crippen LogP contribution in [0, 0.1) is 0 Å². The first kappa shape index (κ1) is 9.67. The summed E-state index contributed by atoms with van der Waals surface area (Å²) >= 11 is 10.9. The average molecular weight is 230 g/mol. The molecule has 1 atom stereocenters. The summed E-state index contributed by atoms with van der Waals surface area (Å²) in [6, 6.07) is 0. The largest absolute Gasteiger partial charge is 0.404 e. The van der Waals surface area contributed by atoms with Crippen molar-refractivity contribution in [2.45, 2.75) is 0 Å². The third kappa shape index (κ3) is 2.28. The minimum absolute atomic E-state index is 0.134. The molecule has 1 N–H and O–H groups in total. The lowest BCUT2D eigenvalue weighted by molar-refractivity contribution is 0.400. The van der Waals surface area contributed by atoms with Gasteiger partial charge < -0.3 is 9.42 Å². The van der Waals surface area contributed by atoms with E-state index in [1.807, 2.05) is 0 Å². The fourth-order valence-corrected chi connectivity index (χ4v) is 1.03. The van der Waals surface area contributed by atoms with Crippen LogP contribution in [0.2, 0.25) is 10.2 Å². The summed E-state index contributed by atoms with van der Waals surface area (Å²) in [7, 11) is -3.15. The van der Waals surface area contributed by atoms with E-state index in [0.717, 1.165) is 0 Å². The standard InChI is InChI=1S/C3H2Cl2N3O3P/c4-1-2(5)6-8-7-3(1)11-12(9)10/h12H,(H,9,10). The number of nitrogens with zero attached hydrogens (tertiary/aromatic N) is 3. The Hall–Kier alpha value is -0.420. The molecule has 1 aromatic heterocycles. The SMILES string of the molecule is O=[PH](O)Oc1nnnc(Cl)c1Cl. The van der Waals surface area contributed by atoms with Gasteiger partial charge in [-0.15, -0.1) is 5.10 Å². The Labute approximate surface area is 77.4 Å².